The number of aromatic nitrogens is 2. The van der Waals surface area contributed by atoms with Gasteiger partial charge in [-0.05, 0) is 31.2 Å². The van der Waals surface area contributed by atoms with Crippen molar-refractivity contribution in [2.75, 3.05) is 6.54 Å². The molecule has 0 aliphatic carbocycles. The molecule has 0 unspecified atom stereocenters. The van der Waals surface area contributed by atoms with Gasteiger partial charge in [-0.15, -0.1) is 0 Å². The molecule has 0 fully saturated rings. The van der Waals surface area contributed by atoms with E-state index in [1.54, 1.807) is 0 Å². The maximum Gasteiger partial charge on any atom is 0.111 e. The van der Waals surface area contributed by atoms with Gasteiger partial charge in [0.1, 0.15) is 5.82 Å². The molecule has 0 atom stereocenters. The molecule has 0 bridgehead atoms. The van der Waals surface area contributed by atoms with E-state index in [0.29, 0.717) is 6.54 Å². The van der Waals surface area contributed by atoms with Crippen LogP contribution in [0.25, 0.3) is 11.0 Å². The molecule has 0 saturated carbocycles. The lowest BCUT2D eigenvalue weighted by molar-refractivity contribution is 0.734. The van der Waals surface area contributed by atoms with Crippen LogP contribution in [0, 0.1) is 6.92 Å². The van der Waals surface area contributed by atoms with Crippen LogP contribution in [0.1, 0.15) is 17.0 Å². The Morgan fingerprint density at radius 3 is 2.75 bits per heavy atom. The van der Waals surface area contributed by atoms with Crippen molar-refractivity contribution in [1.29, 1.82) is 0 Å². The van der Waals surface area contributed by atoms with Crippen molar-refractivity contribution in [1.82, 2.24) is 9.55 Å². The lowest BCUT2D eigenvalue weighted by Crippen LogP contribution is -2.11. The lowest BCUT2D eigenvalue weighted by atomic mass is 10.1. The first-order valence-corrected chi connectivity index (χ1v) is 6.97. The van der Waals surface area contributed by atoms with Crippen LogP contribution in [0.4, 0.5) is 0 Å². The van der Waals surface area contributed by atoms with Gasteiger partial charge in [0.2, 0.25) is 0 Å². The van der Waals surface area contributed by atoms with Crippen LogP contribution in [-0.4, -0.2) is 16.1 Å². The second kappa shape index (κ2) is 5.47. The first-order chi connectivity index (χ1) is 9.78. The highest BCUT2D eigenvalue weighted by Gasteiger charge is 2.10. The van der Waals surface area contributed by atoms with Crippen LogP contribution >= 0.6 is 0 Å². The number of hydrogen-bond donors (Lipinski definition) is 1. The average Bonchev–Trinajstić information content (AvgIpc) is 2.78. The first-order valence-electron chi connectivity index (χ1n) is 6.97. The number of imidazole rings is 1. The third kappa shape index (κ3) is 2.45. The van der Waals surface area contributed by atoms with Gasteiger partial charge >= 0.3 is 0 Å². The molecule has 3 heteroatoms. The Morgan fingerprint density at radius 2 is 1.95 bits per heavy atom. The summed E-state index contributed by atoms with van der Waals surface area (Å²) in [6, 6.07) is 16.9. The van der Waals surface area contributed by atoms with Gasteiger partial charge in [0.15, 0.2) is 0 Å². The molecule has 20 heavy (non-hydrogen) atoms. The maximum atomic E-state index is 5.72. The maximum absolute atomic E-state index is 5.72. The van der Waals surface area contributed by atoms with Gasteiger partial charge < -0.3 is 10.3 Å². The van der Waals surface area contributed by atoms with Crippen molar-refractivity contribution in [3.05, 3.63) is 65.5 Å². The van der Waals surface area contributed by atoms with Crippen molar-refractivity contribution in [2.45, 2.75) is 19.9 Å². The van der Waals surface area contributed by atoms with E-state index in [4.69, 9.17) is 10.7 Å². The molecule has 1 heterocycles. The van der Waals surface area contributed by atoms with E-state index in [1.165, 1.54) is 16.6 Å². The van der Waals surface area contributed by atoms with Gasteiger partial charge in [-0.2, -0.15) is 0 Å². The number of fused-ring (bicyclic) bond motifs is 1. The standard InChI is InChI=1S/C17H19N3/c1-13-5-4-6-14(11-13)12-20-16-8-3-2-7-15(16)19-17(20)9-10-18/h2-8,11H,9-10,12,18H2,1H3. The van der Waals surface area contributed by atoms with Crippen molar-refractivity contribution >= 4 is 11.0 Å². The zero-order valence-corrected chi connectivity index (χ0v) is 11.7. The van der Waals surface area contributed by atoms with Gasteiger partial charge in [-0.25, -0.2) is 4.98 Å². The van der Waals surface area contributed by atoms with Crippen LogP contribution in [0.3, 0.4) is 0 Å². The van der Waals surface area contributed by atoms with E-state index in [2.05, 4.69) is 54.0 Å². The van der Waals surface area contributed by atoms with E-state index in [9.17, 15) is 0 Å². The molecule has 1 aromatic heterocycles. The number of hydrogen-bond acceptors (Lipinski definition) is 2. The number of benzene rings is 2. The molecular formula is C17H19N3. The Bertz CT molecular complexity index is 728. The largest absolute Gasteiger partial charge is 0.330 e. The van der Waals surface area contributed by atoms with E-state index in [0.717, 1.165) is 24.3 Å². The Hall–Kier alpha value is -2.13. The van der Waals surface area contributed by atoms with E-state index in [1.807, 2.05) is 6.07 Å². The SMILES string of the molecule is Cc1cccc(Cn2c(CCN)nc3ccccc32)c1. The summed E-state index contributed by atoms with van der Waals surface area (Å²) in [6.45, 7) is 3.59. The topological polar surface area (TPSA) is 43.8 Å². The normalized spacial score (nSPS) is 11.1. The third-order valence-electron chi connectivity index (χ3n) is 3.52. The van der Waals surface area contributed by atoms with Gasteiger partial charge in [-0.1, -0.05) is 42.0 Å². The molecule has 2 N–H and O–H groups in total. The van der Waals surface area contributed by atoms with Crippen LogP contribution in [0.15, 0.2) is 48.5 Å². The summed E-state index contributed by atoms with van der Waals surface area (Å²) in [5.41, 5.74) is 10.5. The fraction of sp³-hybridized carbons (Fsp3) is 0.235. The highest BCUT2D eigenvalue weighted by Crippen LogP contribution is 2.18. The molecule has 0 radical (unpaired) electrons. The van der Waals surface area contributed by atoms with E-state index in [-0.39, 0.29) is 0 Å². The van der Waals surface area contributed by atoms with Crippen LogP contribution in [0.5, 0.6) is 0 Å². The summed E-state index contributed by atoms with van der Waals surface area (Å²) < 4.78 is 2.27. The second-order valence-corrected chi connectivity index (χ2v) is 5.13. The lowest BCUT2D eigenvalue weighted by Gasteiger charge is -2.09. The van der Waals surface area contributed by atoms with Crippen LogP contribution < -0.4 is 5.73 Å². The number of para-hydroxylation sites is 2. The van der Waals surface area contributed by atoms with Crippen molar-refractivity contribution in [3.63, 3.8) is 0 Å². The van der Waals surface area contributed by atoms with Gasteiger partial charge in [-0.3, -0.25) is 0 Å². The predicted molar refractivity (Wildman–Crippen MR) is 82.8 cm³/mol. The Labute approximate surface area is 119 Å². The molecule has 102 valence electrons. The summed E-state index contributed by atoms with van der Waals surface area (Å²) in [5, 5.41) is 0. The molecule has 2 aromatic carbocycles. The Kier molecular flexibility index (Phi) is 3.52. The molecule has 3 nitrogen and oxygen atoms in total. The Balaban J connectivity index is 2.06. The molecule has 3 rings (SSSR count). The summed E-state index contributed by atoms with van der Waals surface area (Å²) in [6.07, 6.45) is 0.806. The zero-order chi connectivity index (χ0) is 13.9. The number of aryl methyl sites for hydroxylation is 1. The third-order valence-corrected chi connectivity index (χ3v) is 3.52. The fourth-order valence-electron chi connectivity index (χ4n) is 2.61. The summed E-state index contributed by atoms with van der Waals surface area (Å²) in [7, 11) is 0. The van der Waals surface area contributed by atoms with Gasteiger partial charge in [0.05, 0.1) is 11.0 Å². The Morgan fingerprint density at radius 1 is 1.10 bits per heavy atom. The smallest absolute Gasteiger partial charge is 0.111 e. The van der Waals surface area contributed by atoms with Crippen LogP contribution in [-0.2, 0) is 13.0 Å². The minimum absolute atomic E-state index is 0.622. The second-order valence-electron chi connectivity index (χ2n) is 5.13. The number of nitrogens with zero attached hydrogens (tertiary/aromatic N) is 2. The highest BCUT2D eigenvalue weighted by atomic mass is 15.1. The van der Waals surface area contributed by atoms with Crippen LogP contribution in [0.2, 0.25) is 0 Å². The molecule has 3 aromatic rings. The molecule has 0 spiro atoms. The van der Waals surface area contributed by atoms with Crippen molar-refractivity contribution in [3.8, 4) is 0 Å². The minimum Gasteiger partial charge on any atom is -0.330 e. The number of nitrogens with two attached hydrogens (primary N) is 1. The van der Waals surface area contributed by atoms with Gasteiger partial charge in [0, 0.05) is 13.0 Å². The minimum atomic E-state index is 0.622. The first kappa shape index (κ1) is 12.9. The molecule has 0 aliphatic heterocycles. The highest BCUT2D eigenvalue weighted by molar-refractivity contribution is 5.76. The molecule has 0 saturated heterocycles. The quantitative estimate of drug-likeness (QED) is 0.788. The summed E-state index contributed by atoms with van der Waals surface area (Å²) in [5.74, 6) is 1.07. The summed E-state index contributed by atoms with van der Waals surface area (Å²) in [4.78, 5) is 4.70. The number of rotatable bonds is 4. The van der Waals surface area contributed by atoms with Crippen molar-refractivity contribution in [2.24, 2.45) is 5.73 Å². The molecule has 0 aliphatic rings. The van der Waals surface area contributed by atoms with Crippen molar-refractivity contribution < 1.29 is 0 Å². The molecule has 0 amide bonds. The predicted octanol–water partition coefficient (Wildman–Crippen LogP) is 2.89. The summed E-state index contributed by atoms with van der Waals surface area (Å²) >= 11 is 0. The van der Waals surface area contributed by atoms with E-state index < -0.39 is 0 Å². The van der Waals surface area contributed by atoms with Gasteiger partial charge in [0.25, 0.3) is 0 Å². The average molecular weight is 265 g/mol. The zero-order valence-electron chi connectivity index (χ0n) is 11.7. The fourth-order valence-corrected chi connectivity index (χ4v) is 2.61. The monoisotopic (exact) mass is 265 g/mol. The van der Waals surface area contributed by atoms with E-state index >= 15 is 0 Å². The molecular weight excluding hydrogens is 246 g/mol.